The second kappa shape index (κ2) is 5.80. The van der Waals surface area contributed by atoms with Crippen LogP contribution in [-0.2, 0) is 0 Å². The van der Waals surface area contributed by atoms with Crippen LogP contribution in [0.2, 0.25) is 0 Å². The molecule has 0 aliphatic carbocycles. The van der Waals surface area contributed by atoms with Crippen LogP contribution >= 0.6 is 0 Å². The van der Waals surface area contributed by atoms with Gasteiger partial charge in [-0.2, -0.15) is 0 Å². The highest BCUT2D eigenvalue weighted by Gasteiger charge is 2.31. The fourth-order valence-corrected chi connectivity index (χ4v) is 2.41. The van der Waals surface area contributed by atoms with Gasteiger partial charge in [-0.1, -0.05) is 13.8 Å². The maximum absolute atomic E-state index is 5.24. The summed E-state index contributed by atoms with van der Waals surface area (Å²) in [7, 11) is 2.22. The van der Waals surface area contributed by atoms with E-state index in [1.807, 2.05) is 0 Å². The Morgan fingerprint density at radius 1 is 1.47 bits per heavy atom. The van der Waals surface area contributed by atoms with Crippen LogP contribution in [-0.4, -0.2) is 38.3 Å². The van der Waals surface area contributed by atoms with E-state index in [9.17, 15) is 0 Å². The predicted molar refractivity (Wildman–Crippen MR) is 64.2 cm³/mol. The van der Waals surface area contributed by atoms with Gasteiger partial charge < -0.3 is 10.2 Å². The number of nitrogens with zero attached hydrogens (tertiary/aromatic N) is 1. The number of nitrogens with two attached hydrogens (primary N) is 1. The van der Waals surface area contributed by atoms with Crippen molar-refractivity contribution in [3.63, 3.8) is 0 Å². The molecule has 0 aromatic carbocycles. The van der Waals surface area contributed by atoms with Crippen molar-refractivity contribution >= 4 is 0 Å². The van der Waals surface area contributed by atoms with E-state index in [1.165, 1.54) is 25.9 Å². The highest BCUT2D eigenvalue weighted by Crippen LogP contribution is 2.32. The Kier molecular flexibility index (Phi) is 4.99. The molecule has 90 valence electrons. The number of rotatable bonds is 5. The summed E-state index contributed by atoms with van der Waals surface area (Å²) in [6, 6.07) is 0. The van der Waals surface area contributed by atoms with Crippen molar-refractivity contribution in [3.8, 4) is 0 Å². The minimum absolute atomic E-state index is 0.353. The lowest BCUT2D eigenvalue weighted by molar-refractivity contribution is 0.102. The maximum Gasteiger partial charge on any atom is 0.0587 e. The van der Waals surface area contributed by atoms with Crippen molar-refractivity contribution in [1.29, 1.82) is 0 Å². The Morgan fingerprint density at radius 3 is 2.80 bits per heavy atom. The molecule has 0 spiro atoms. The molecule has 0 bridgehead atoms. The van der Waals surface area contributed by atoms with E-state index in [2.05, 4.69) is 36.5 Å². The zero-order valence-corrected chi connectivity index (χ0v) is 10.3. The van der Waals surface area contributed by atoms with Gasteiger partial charge in [-0.3, -0.25) is 5.84 Å². The lowest BCUT2D eigenvalue weighted by Gasteiger charge is -2.40. The van der Waals surface area contributed by atoms with E-state index in [4.69, 9.17) is 5.84 Å². The van der Waals surface area contributed by atoms with Crippen molar-refractivity contribution in [2.45, 2.75) is 26.7 Å². The van der Waals surface area contributed by atoms with Crippen molar-refractivity contribution < 1.29 is 0 Å². The summed E-state index contributed by atoms with van der Waals surface area (Å²) in [6.07, 6.45) is 2.69. The first-order valence-corrected chi connectivity index (χ1v) is 5.89. The summed E-state index contributed by atoms with van der Waals surface area (Å²) in [6.45, 7) is 8.89. The molecule has 1 unspecified atom stereocenters. The molecule has 1 fully saturated rings. The summed E-state index contributed by atoms with van der Waals surface area (Å²) < 4.78 is 0. The Bertz CT molecular complexity index is 181. The number of likely N-dealkylation sites (tertiary alicyclic amines) is 1. The van der Waals surface area contributed by atoms with Crippen molar-refractivity contribution in [1.82, 2.24) is 15.6 Å². The average Bonchev–Trinajstić information content (AvgIpc) is 2.18. The third-order valence-corrected chi connectivity index (χ3v) is 3.54. The molecule has 0 aromatic rings. The largest absolute Gasteiger partial charge is 0.306 e. The molecule has 4 N–H and O–H groups in total. The third-order valence-electron chi connectivity index (χ3n) is 3.54. The number of hydrogen-bond donors (Lipinski definition) is 3. The van der Waals surface area contributed by atoms with Gasteiger partial charge in [0.05, 0.1) is 6.67 Å². The zero-order valence-electron chi connectivity index (χ0n) is 10.3. The second-order valence-corrected chi connectivity index (χ2v) is 5.40. The lowest BCUT2D eigenvalue weighted by atomic mass is 9.74. The molecule has 1 saturated heterocycles. The van der Waals surface area contributed by atoms with E-state index >= 15 is 0 Å². The van der Waals surface area contributed by atoms with Crippen LogP contribution in [0, 0.1) is 11.3 Å². The minimum atomic E-state index is 0.353. The van der Waals surface area contributed by atoms with Crippen LogP contribution in [0.25, 0.3) is 0 Å². The molecule has 0 saturated carbocycles. The molecule has 4 heteroatoms. The van der Waals surface area contributed by atoms with Crippen LogP contribution in [0.5, 0.6) is 0 Å². The van der Waals surface area contributed by atoms with Gasteiger partial charge in [0, 0.05) is 13.1 Å². The molecule has 1 rings (SSSR count). The average molecular weight is 214 g/mol. The number of piperidine rings is 1. The number of hydrazine groups is 1. The quantitative estimate of drug-likeness (QED) is 0.268. The smallest absolute Gasteiger partial charge is 0.0587 e. The predicted octanol–water partition coefficient (Wildman–Crippen LogP) is 0.365. The molecule has 1 aliphatic heterocycles. The standard InChI is InChI=1S/C11H26N4/c1-11(2,8-13-9-14-12)10-5-4-6-15(3)7-10/h10,13-14H,4-9,12H2,1-3H3. The summed E-state index contributed by atoms with van der Waals surface area (Å²) in [4.78, 5) is 2.44. The van der Waals surface area contributed by atoms with E-state index in [1.54, 1.807) is 0 Å². The van der Waals surface area contributed by atoms with Crippen molar-refractivity contribution in [2.24, 2.45) is 17.2 Å². The van der Waals surface area contributed by atoms with E-state index in [0.717, 1.165) is 12.5 Å². The highest BCUT2D eigenvalue weighted by atomic mass is 15.3. The first kappa shape index (κ1) is 12.9. The molecule has 0 radical (unpaired) electrons. The first-order valence-electron chi connectivity index (χ1n) is 5.89. The monoisotopic (exact) mass is 214 g/mol. The molecular formula is C11H26N4. The van der Waals surface area contributed by atoms with E-state index < -0.39 is 0 Å². The van der Waals surface area contributed by atoms with Crippen molar-refractivity contribution in [2.75, 3.05) is 33.4 Å². The van der Waals surface area contributed by atoms with Gasteiger partial charge in [0.1, 0.15) is 0 Å². The second-order valence-electron chi connectivity index (χ2n) is 5.40. The van der Waals surface area contributed by atoms with Crippen LogP contribution in [0.3, 0.4) is 0 Å². The highest BCUT2D eigenvalue weighted by molar-refractivity contribution is 4.84. The Hall–Kier alpha value is -0.160. The zero-order chi connectivity index (χ0) is 11.3. The Labute approximate surface area is 93.6 Å². The lowest BCUT2D eigenvalue weighted by Crippen LogP contribution is -2.46. The summed E-state index contributed by atoms with van der Waals surface area (Å²) in [5.74, 6) is 6.03. The van der Waals surface area contributed by atoms with E-state index in [-0.39, 0.29) is 0 Å². The summed E-state index contributed by atoms with van der Waals surface area (Å²) in [5.41, 5.74) is 2.98. The molecule has 0 amide bonds. The molecule has 0 aromatic heterocycles. The van der Waals surface area contributed by atoms with Gasteiger partial charge >= 0.3 is 0 Å². The molecule has 1 heterocycles. The van der Waals surface area contributed by atoms with Gasteiger partial charge in [-0.15, -0.1) is 0 Å². The van der Waals surface area contributed by atoms with Crippen LogP contribution in [0.4, 0.5) is 0 Å². The molecule has 15 heavy (non-hydrogen) atoms. The fraction of sp³-hybridized carbons (Fsp3) is 1.00. The Balaban J connectivity index is 2.37. The topological polar surface area (TPSA) is 53.3 Å². The van der Waals surface area contributed by atoms with Crippen molar-refractivity contribution in [3.05, 3.63) is 0 Å². The van der Waals surface area contributed by atoms with Gasteiger partial charge in [0.2, 0.25) is 0 Å². The molecule has 1 atom stereocenters. The first-order chi connectivity index (χ1) is 7.06. The minimum Gasteiger partial charge on any atom is -0.306 e. The molecule has 1 aliphatic rings. The summed E-state index contributed by atoms with van der Waals surface area (Å²) >= 11 is 0. The normalized spacial score (nSPS) is 24.4. The number of hydrogen-bond acceptors (Lipinski definition) is 4. The number of nitrogens with one attached hydrogen (secondary N) is 2. The van der Waals surface area contributed by atoms with Crippen LogP contribution in [0.15, 0.2) is 0 Å². The molecular weight excluding hydrogens is 188 g/mol. The third kappa shape index (κ3) is 4.07. The molecule has 4 nitrogen and oxygen atoms in total. The summed E-state index contributed by atoms with van der Waals surface area (Å²) in [5, 5.41) is 3.33. The van der Waals surface area contributed by atoms with E-state index in [0.29, 0.717) is 12.1 Å². The van der Waals surface area contributed by atoms with Gasteiger partial charge in [0.25, 0.3) is 0 Å². The van der Waals surface area contributed by atoms with Gasteiger partial charge in [0.15, 0.2) is 0 Å². The van der Waals surface area contributed by atoms with Gasteiger partial charge in [-0.25, -0.2) is 5.43 Å². The maximum atomic E-state index is 5.24. The SMILES string of the molecule is CN1CCCC(C(C)(C)CNCNN)C1. The van der Waals surface area contributed by atoms with Crippen LogP contribution in [0.1, 0.15) is 26.7 Å². The fourth-order valence-electron chi connectivity index (χ4n) is 2.41. The van der Waals surface area contributed by atoms with Crippen LogP contribution < -0.4 is 16.6 Å². The van der Waals surface area contributed by atoms with Gasteiger partial charge in [-0.05, 0) is 37.8 Å². The Morgan fingerprint density at radius 2 is 2.20 bits per heavy atom.